The summed E-state index contributed by atoms with van der Waals surface area (Å²) >= 11 is 6.67. The summed E-state index contributed by atoms with van der Waals surface area (Å²) < 4.78 is 0. The van der Waals surface area contributed by atoms with Crippen molar-refractivity contribution < 1.29 is 9.59 Å². The van der Waals surface area contributed by atoms with E-state index in [9.17, 15) is 9.59 Å². The lowest BCUT2D eigenvalue weighted by Crippen LogP contribution is -2.29. The van der Waals surface area contributed by atoms with Crippen LogP contribution in [0.15, 0.2) is 0 Å². The van der Waals surface area contributed by atoms with Crippen LogP contribution in [0.3, 0.4) is 0 Å². The maximum atomic E-state index is 11.1. The van der Waals surface area contributed by atoms with Gasteiger partial charge in [0.1, 0.15) is 11.6 Å². The molecule has 2 rings (SSSR count). The van der Waals surface area contributed by atoms with Crippen LogP contribution < -0.4 is 10.6 Å². The number of ketones is 2. The zero-order valence-electron chi connectivity index (χ0n) is 12.9. The van der Waals surface area contributed by atoms with Crippen molar-refractivity contribution in [3.8, 4) is 0 Å². The second-order valence-corrected chi connectivity index (χ2v) is 7.77. The number of halogens is 4. The number of alkyl halides is 2. The second-order valence-electron chi connectivity index (χ2n) is 5.56. The molecule has 4 atom stereocenters. The topological polar surface area (TPSA) is 58.2 Å². The van der Waals surface area contributed by atoms with E-state index in [1.54, 1.807) is 0 Å². The fourth-order valence-electron chi connectivity index (χ4n) is 2.16. The molecule has 0 amide bonds. The molecule has 2 saturated heterocycles. The predicted molar refractivity (Wildman–Crippen MR) is 109 cm³/mol. The second kappa shape index (κ2) is 13.5. The van der Waals surface area contributed by atoms with E-state index in [1.165, 1.54) is 0 Å². The molecule has 2 heterocycles. The van der Waals surface area contributed by atoms with E-state index in [4.69, 9.17) is 0 Å². The molecule has 2 aliphatic rings. The zero-order chi connectivity index (χ0) is 15.1. The quantitative estimate of drug-likeness (QED) is 0.437. The van der Waals surface area contributed by atoms with E-state index >= 15 is 0 Å². The van der Waals surface area contributed by atoms with E-state index in [2.05, 4.69) is 56.3 Å². The average Bonchev–Trinajstić information content (AvgIpc) is 2.63. The molecule has 2 fully saturated rings. The summed E-state index contributed by atoms with van der Waals surface area (Å²) in [6.07, 6.45) is 3.27. The van der Waals surface area contributed by atoms with Crippen LogP contribution in [0.4, 0.5) is 0 Å². The van der Waals surface area contributed by atoms with Gasteiger partial charge in [-0.3, -0.25) is 9.59 Å². The first-order valence-electron chi connectivity index (χ1n) is 7.20. The lowest BCUT2D eigenvalue weighted by molar-refractivity contribution is -0.118. The Bertz CT molecular complexity index is 343. The standard InChI is InChI=1S/2C7H12BrNO.2BrH/c1-5-4-6(8)7(10)2-3-9-5;1-5-2-3-7(10)6(8)4-9-5;;/h2*5-6,9H,2-4H2,1H3;2*1H. The summed E-state index contributed by atoms with van der Waals surface area (Å²) in [6.45, 7) is 5.83. The van der Waals surface area contributed by atoms with Crippen molar-refractivity contribution >= 4 is 77.4 Å². The number of Topliss-reactive ketones (excluding diaryl/α,β-unsaturated/α-hetero) is 2. The minimum atomic E-state index is 0. The van der Waals surface area contributed by atoms with Crippen molar-refractivity contribution in [3.05, 3.63) is 0 Å². The van der Waals surface area contributed by atoms with Gasteiger partial charge in [0.2, 0.25) is 0 Å². The smallest absolute Gasteiger partial charge is 0.147 e. The van der Waals surface area contributed by atoms with Gasteiger partial charge in [-0.1, -0.05) is 31.9 Å². The van der Waals surface area contributed by atoms with Gasteiger partial charge in [0, 0.05) is 38.0 Å². The summed E-state index contributed by atoms with van der Waals surface area (Å²) in [5, 5.41) is 6.51. The molecule has 2 N–H and O–H groups in total. The zero-order valence-corrected chi connectivity index (χ0v) is 19.5. The summed E-state index contributed by atoms with van der Waals surface area (Å²) in [6, 6.07) is 0.960. The van der Waals surface area contributed by atoms with Gasteiger partial charge in [-0.05, 0) is 26.7 Å². The molecule has 2 aliphatic heterocycles. The van der Waals surface area contributed by atoms with Crippen molar-refractivity contribution in [2.24, 2.45) is 0 Å². The molecular formula is C14H26Br4N2O2. The highest BCUT2D eigenvalue weighted by Crippen LogP contribution is 2.14. The van der Waals surface area contributed by atoms with Gasteiger partial charge in [0.25, 0.3) is 0 Å². The van der Waals surface area contributed by atoms with E-state index in [1.807, 2.05) is 0 Å². The summed E-state index contributed by atoms with van der Waals surface area (Å²) in [5.74, 6) is 0.661. The largest absolute Gasteiger partial charge is 0.314 e. The van der Waals surface area contributed by atoms with Crippen LogP contribution in [0.2, 0.25) is 0 Å². The van der Waals surface area contributed by atoms with Gasteiger partial charge in [0.05, 0.1) is 9.65 Å². The van der Waals surface area contributed by atoms with Crippen LogP contribution in [-0.2, 0) is 9.59 Å². The van der Waals surface area contributed by atoms with Gasteiger partial charge in [-0.25, -0.2) is 0 Å². The number of hydrogen-bond acceptors (Lipinski definition) is 4. The Morgan fingerprint density at radius 1 is 0.909 bits per heavy atom. The van der Waals surface area contributed by atoms with Crippen molar-refractivity contribution in [2.45, 2.75) is 61.3 Å². The van der Waals surface area contributed by atoms with E-state index < -0.39 is 0 Å². The predicted octanol–water partition coefficient (Wildman–Crippen LogP) is 3.34. The first-order chi connectivity index (χ1) is 9.40. The van der Waals surface area contributed by atoms with Crippen molar-refractivity contribution in [2.75, 3.05) is 13.1 Å². The third-order valence-corrected chi connectivity index (χ3v) is 5.31. The molecule has 8 heteroatoms. The van der Waals surface area contributed by atoms with Crippen LogP contribution in [0.25, 0.3) is 0 Å². The Balaban J connectivity index is 0. The van der Waals surface area contributed by atoms with E-state index in [0.29, 0.717) is 36.5 Å². The summed E-state index contributed by atoms with van der Waals surface area (Å²) in [5.41, 5.74) is 0. The minimum Gasteiger partial charge on any atom is -0.314 e. The summed E-state index contributed by atoms with van der Waals surface area (Å²) in [7, 11) is 0. The highest BCUT2D eigenvalue weighted by Gasteiger charge is 2.21. The number of nitrogens with one attached hydrogen (secondary N) is 2. The van der Waals surface area contributed by atoms with E-state index in [0.717, 1.165) is 25.9 Å². The summed E-state index contributed by atoms with van der Waals surface area (Å²) in [4.78, 5) is 22.3. The third-order valence-electron chi connectivity index (χ3n) is 3.59. The first kappa shape index (κ1) is 25.4. The highest BCUT2D eigenvalue weighted by molar-refractivity contribution is 9.10. The van der Waals surface area contributed by atoms with Crippen LogP contribution in [0.1, 0.15) is 39.5 Å². The first-order valence-corrected chi connectivity index (χ1v) is 9.03. The molecule has 4 unspecified atom stereocenters. The van der Waals surface area contributed by atoms with Gasteiger partial charge < -0.3 is 10.6 Å². The molecular weight excluding hydrogens is 548 g/mol. The maximum Gasteiger partial charge on any atom is 0.147 e. The lowest BCUT2D eigenvalue weighted by Gasteiger charge is -2.09. The molecule has 0 aromatic heterocycles. The maximum absolute atomic E-state index is 11.1. The molecule has 0 aromatic rings. The Kier molecular flexibility index (Phi) is 15.6. The number of carbonyl (C=O) groups is 2. The normalized spacial score (nSPS) is 32.4. The molecule has 0 spiro atoms. The SMILES string of the molecule is Br.Br.CC1CC(Br)C(=O)CCN1.CC1CCC(=O)C(Br)CN1. The van der Waals surface area contributed by atoms with Gasteiger partial charge >= 0.3 is 0 Å². The van der Waals surface area contributed by atoms with Gasteiger partial charge in [0.15, 0.2) is 0 Å². The Hall–Kier alpha value is 1.18. The molecule has 4 nitrogen and oxygen atoms in total. The van der Waals surface area contributed by atoms with Gasteiger partial charge in [-0.15, -0.1) is 34.0 Å². The van der Waals surface area contributed by atoms with Crippen LogP contribution in [-0.4, -0.2) is 46.4 Å². The molecule has 0 aromatic carbocycles. The third kappa shape index (κ3) is 10.1. The van der Waals surface area contributed by atoms with Crippen LogP contribution in [0, 0.1) is 0 Å². The molecule has 0 saturated carbocycles. The molecule has 0 aliphatic carbocycles. The monoisotopic (exact) mass is 570 g/mol. The van der Waals surface area contributed by atoms with Crippen molar-refractivity contribution in [1.82, 2.24) is 10.6 Å². The number of carbonyl (C=O) groups excluding carboxylic acids is 2. The van der Waals surface area contributed by atoms with Crippen LogP contribution in [0.5, 0.6) is 0 Å². The number of rotatable bonds is 0. The average molecular weight is 574 g/mol. The fraction of sp³-hybridized carbons (Fsp3) is 0.857. The van der Waals surface area contributed by atoms with Crippen LogP contribution >= 0.6 is 65.8 Å². The Morgan fingerprint density at radius 3 is 2.14 bits per heavy atom. The van der Waals surface area contributed by atoms with Crippen molar-refractivity contribution in [1.29, 1.82) is 0 Å². The van der Waals surface area contributed by atoms with Gasteiger partial charge in [-0.2, -0.15) is 0 Å². The molecule has 0 bridgehead atoms. The van der Waals surface area contributed by atoms with E-state index in [-0.39, 0.29) is 43.6 Å². The molecule has 132 valence electrons. The Labute approximate surface area is 171 Å². The highest BCUT2D eigenvalue weighted by atomic mass is 79.9. The van der Waals surface area contributed by atoms with Crippen molar-refractivity contribution in [3.63, 3.8) is 0 Å². The Morgan fingerprint density at radius 2 is 1.50 bits per heavy atom. The molecule has 22 heavy (non-hydrogen) atoms. The number of hydrogen-bond donors (Lipinski definition) is 2. The minimum absolute atomic E-state index is 0. The molecule has 0 radical (unpaired) electrons. The fourth-order valence-corrected chi connectivity index (χ4v) is 3.36. The lowest BCUT2D eigenvalue weighted by atomic mass is 10.1.